The Labute approximate surface area is 126 Å². The van der Waals surface area contributed by atoms with Gasteiger partial charge in [0.15, 0.2) is 0 Å². The molecule has 4 heteroatoms. The first-order valence-electron chi connectivity index (χ1n) is 7.71. The van der Waals surface area contributed by atoms with Crippen LogP contribution in [0.4, 0.5) is 0 Å². The van der Waals surface area contributed by atoms with E-state index in [-0.39, 0.29) is 11.7 Å². The smallest absolute Gasteiger partial charge is 0.257 e. The van der Waals surface area contributed by atoms with Gasteiger partial charge in [0, 0.05) is 13.1 Å². The zero-order valence-corrected chi connectivity index (χ0v) is 13.2. The highest BCUT2D eigenvalue weighted by Gasteiger charge is 2.33. The fraction of sp³-hybridized carbons (Fsp3) is 0.588. The number of hydrogen-bond donors (Lipinski definition) is 1. The zero-order chi connectivity index (χ0) is 15.5. The fourth-order valence-corrected chi connectivity index (χ4v) is 3.13. The molecule has 0 saturated carbocycles. The molecule has 0 spiro atoms. The van der Waals surface area contributed by atoms with Gasteiger partial charge in [-0.15, -0.1) is 0 Å². The third kappa shape index (κ3) is 3.14. The van der Waals surface area contributed by atoms with Gasteiger partial charge in [0.2, 0.25) is 0 Å². The molecule has 4 nitrogen and oxygen atoms in total. The number of carbonyl (C=O) groups excluding carboxylic acids is 1. The number of phenols is 1. The molecule has 1 aromatic carbocycles. The number of nitrogens with zero attached hydrogens (tertiary/aromatic N) is 1. The summed E-state index contributed by atoms with van der Waals surface area (Å²) in [4.78, 5) is 14.4. The Morgan fingerprint density at radius 3 is 2.43 bits per heavy atom. The highest BCUT2D eigenvalue weighted by atomic mass is 16.5. The predicted octanol–water partition coefficient (Wildman–Crippen LogP) is 3.44. The Morgan fingerprint density at radius 1 is 1.29 bits per heavy atom. The van der Waals surface area contributed by atoms with Crippen molar-refractivity contribution in [2.45, 2.75) is 39.5 Å². The number of benzene rings is 1. The maximum absolute atomic E-state index is 12.6. The number of methoxy groups -OCH3 is 1. The van der Waals surface area contributed by atoms with E-state index in [0.29, 0.717) is 16.7 Å². The summed E-state index contributed by atoms with van der Waals surface area (Å²) in [5, 5.41) is 9.92. The maximum Gasteiger partial charge on any atom is 0.257 e. The first-order valence-corrected chi connectivity index (χ1v) is 7.71. The minimum atomic E-state index is -0.104. The third-order valence-corrected chi connectivity index (χ3v) is 5.05. The molecule has 2 rings (SSSR count). The molecule has 21 heavy (non-hydrogen) atoms. The van der Waals surface area contributed by atoms with Gasteiger partial charge in [-0.05, 0) is 36.5 Å². The van der Waals surface area contributed by atoms with Crippen LogP contribution in [0.5, 0.6) is 11.5 Å². The van der Waals surface area contributed by atoms with Crippen molar-refractivity contribution in [3.05, 3.63) is 23.8 Å². The number of ether oxygens (including phenoxy) is 1. The first-order chi connectivity index (χ1) is 10.0. The molecule has 0 atom stereocenters. The molecule has 1 fully saturated rings. The largest absolute Gasteiger partial charge is 0.507 e. The molecule has 0 radical (unpaired) electrons. The van der Waals surface area contributed by atoms with Gasteiger partial charge in [-0.3, -0.25) is 4.79 Å². The lowest BCUT2D eigenvalue weighted by Gasteiger charge is -2.41. The zero-order valence-electron chi connectivity index (χ0n) is 13.2. The van der Waals surface area contributed by atoms with Crippen molar-refractivity contribution in [1.29, 1.82) is 0 Å². The fourth-order valence-electron chi connectivity index (χ4n) is 3.13. The average molecular weight is 291 g/mol. The van der Waals surface area contributed by atoms with Gasteiger partial charge in [0.05, 0.1) is 12.7 Å². The Balaban J connectivity index is 2.12. The lowest BCUT2D eigenvalue weighted by atomic mass is 9.74. The lowest BCUT2D eigenvalue weighted by Crippen LogP contribution is -2.42. The van der Waals surface area contributed by atoms with Gasteiger partial charge in [-0.2, -0.15) is 0 Å². The van der Waals surface area contributed by atoms with Crippen LogP contribution in [0.1, 0.15) is 49.9 Å². The van der Waals surface area contributed by atoms with Crippen LogP contribution in [0.3, 0.4) is 0 Å². The van der Waals surface area contributed by atoms with E-state index in [1.165, 1.54) is 6.07 Å². The summed E-state index contributed by atoms with van der Waals surface area (Å²) in [6.45, 7) is 5.98. The molecule has 1 aliphatic heterocycles. The van der Waals surface area contributed by atoms with Gasteiger partial charge in [-0.1, -0.05) is 26.7 Å². The van der Waals surface area contributed by atoms with Crippen molar-refractivity contribution in [2.24, 2.45) is 5.41 Å². The molecule has 1 aromatic rings. The summed E-state index contributed by atoms with van der Waals surface area (Å²) in [6.07, 6.45) is 4.40. The number of piperidine rings is 1. The normalized spacial score (nSPS) is 17.6. The second-order valence-electron chi connectivity index (χ2n) is 5.88. The van der Waals surface area contributed by atoms with Crippen molar-refractivity contribution in [3.63, 3.8) is 0 Å². The quantitative estimate of drug-likeness (QED) is 0.924. The van der Waals surface area contributed by atoms with Crippen LogP contribution in [0.15, 0.2) is 18.2 Å². The maximum atomic E-state index is 12.6. The van der Waals surface area contributed by atoms with Gasteiger partial charge < -0.3 is 14.7 Å². The van der Waals surface area contributed by atoms with Crippen LogP contribution in [0, 0.1) is 5.41 Å². The minimum Gasteiger partial charge on any atom is -0.507 e. The van der Waals surface area contributed by atoms with Crippen LogP contribution >= 0.6 is 0 Å². The second kappa shape index (κ2) is 6.37. The molecule has 0 aliphatic carbocycles. The van der Waals surface area contributed by atoms with Crippen LogP contribution < -0.4 is 4.74 Å². The van der Waals surface area contributed by atoms with Crippen molar-refractivity contribution in [3.8, 4) is 11.5 Å². The van der Waals surface area contributed by atoms with Crippen LogP contribution in [0.2, 0.25) is 0 Å². The monoisotopic (exact) mass is 291 g/mol. The van der Waals surface area contributed by atoms with E-state index in [0.717, 1.165) is 38.8 Å². The van der Waals surface area contributed by atoms with Crippen molar-refractivity contribution >= 4 is 5.91 Å². The molecule has 1 saturated heterocycles. The van der Waals surface area contributed by atoms with E-state index in [1.54, 1.807) is 19.2 Å². The predicted molar refractivity (Wildman–Crippen MR) is 82.8 cm³/mol. The summed E-state index contributed by atoms with van der Waals surface area (Å²) in [7, 11) is 1.55. The summed E-state index contributed by atoms with van der Waals surface area (Å²) >= 11 is 0. The number of rotatable bonds is 4. The lowest BCUT2D eigenvalue weighted by molar-refractivity contribution is 0.0555. The summed E-state index contributed by atoms with van der Waals surface area (Å²) < 4.78 is 5.13. The van der Waals surface area contributed by atoms with E-state index in [4.69, 9.17) is 4.74 Å². The molecule has 1 amide bonds. The molecule has 116 valence electrons. The van der Waals surface area contributed by atoms with E-state index >= 15 is 0 Å². The summed E-state index contributed by atoms with van der Waals surface area (Å²) in [6, 6.07) is 4.78. The highest BCUT2D eigenvalue weighted by molar-refractivity contribution is 5.97. The minimum absolute atomic E-state index is 0.0172. The van der Waals surface area contributed by atoms with Crippen LogP contribution in [0.25, 0.3) is 0 Å². The Bertz CT molecular complexity index is 499. The number of amides is 1. The number of phenolic OH excluding ortho intramolecular Hbond substituents is 1. The molecule has 0 unspecified atom stereocenters. The van der Waals surface area contributed by atoms with Crippen LogP contribution in [-0.2, 0) is 0 Å². The first kappa shape index (κ1) is 15.7. The molecule has 0 bridgehead atoms. The summed E-state index contributed by atoms with van der Waals surface area (Å²) in [5.41, 5.74) is 0.711. The van der Waals surface area contributed by atoms with Gasteiger partial charge >= 0.3 is 0 Å². The van der Waals surface area contributed by atoms with Crippen molar-refractivity contribution in [2.75, 3.05) is 20.2 Å². The number of hydrogen-bond acceptors (Lipinski definition) is 3. The van der Waals surface area contributed by atoms with E-state index in [1.807, 2.05) is 4.90 Å². The highest BCUT2D eigenvalue weighted by Crippen LogP contribution is 2.38. The molecule has 0 aromatic heterocycles. The topological polar surface area (TPSA) is 49.8 Å². The van der Waals surface area contributed by atoms with Crippen molar-refractivity contribution in [1.82, 2.24) is 4.90 Å². The molecular weight excluding hydrogens is 266 g/mol. The van der Waals surface area contributed by atoms with Crippen LogP contribution in [-0.4, -0.2) is 36.1 Å². The Hall–Kier alpha value is -1.71. The molecule has 1 heterocycles. The average Bonchev–Trinajstić information content (AvgIpc) is 2.55. The molecule has 1 aliphatic rings. The Morgan fingerprint density at radius 2 is 1.90 bits per heavy atom. The van der Waals surface area contributed by atoms with E-state index < -0.39 is 0 Å². The Kier molecular flexibility index (Phi) is 4.76. The third-order valence-electron chi connectivity index (χ3n) is 5.05. The molecule has 1 N–H and O–H groups in total. The summed E-state index contributed by atoms with van der Waals surface area (Å²) in [5.74, 6) is 0.500. The number of aromatic hydroxyl groups is 1. The van der Waals surface area contributed by atoms with Gasteiger partial charge in [-0.25, -0.2) is 0 Å². The standard InChI is InChI=1S/C17H25NO3/c1-4-17(5-2)8-10-18(11-9-17)16(20)14-12-13(21-3)6-7-15(14)19/h6-7,12,19H,4-5,8-11H2,1-3H3. The van der Waals surface area contributed by atoms with E-state index in [2.05, 4.69) is 13.8 Å². The number of carbonyl (C=O) groups is 1. The van der Waals surface area contributed by atoms with E-state index in [9.17, 15) is 9.90 Å². The van der Waals surface area contributed by atoms with Gasteiger partial charge in [0.1, 0.15) is 11.5 Å². The van der Waals surface area contributed by atoms with Crippen molar-refractivity contribution < 1.29 is 14.6 Å². The number of likely N-dealkylation sites (tertiary alicyclic amines) is 1. The van der Waals surface area contributed by atoms with Gasteiger partial charge in [0.25, 0.3) is 5.91 Å². The SMILES string of the molecule is CCC1(CC)CCN(C(=O)c2cc(OC)ccc2O)CC1. The second-order valence-corrected chi connectivity index (χ2v) is 5.88. The molecular formula is C17H25NO3.